The smallest absolute Gasteiger partial charge is 0.0986 e. The Balaban J connectivity index is 1.90. The van der Waals surface area contributed by atoms with Crippen molar-refractivity contribution in [3.63, 3.8) is 0 Å². The van der Waals surface area contributed by atoms with Crippen molar-refractivity contribution in [2.75, 3.05) is 13.6 Å². The van der Waals surface area contributed by atoms with Crippen molar-refractivity contribution in [3.8, 4) is 11.1 Å². The van der Waals surface area contributed by atoms with Crippen LogP contribution in [0, 0.1) is 6.92 Å². The number of likely N-dealkylation sites (N-methyl/N-ethyl adjacent to an activating group) is 1. The van der Waals surface area contributed by atoms with E-state index in [2.05, 4.69) is 104 Å². The molecule has 0 bridgehead atoms. The molecule has 5 rings (SSSR count). The lowest BCUT2D eigenvalue weighted by atomic mass is 9.93. The van der Waals surface area contributed by atoms with Crippen molar-refractivity contribution in [2.24, 2.45) is 5.10 Å². The van der Waals surface area contributed by atoms with Crippen LogP contribution in [0.25, 0.3) is 27.5 Å². The Morgan fingerprint density at radius 1 is 0.750 bits per heavy atom. The van der Waals surface area contributed by atoms with Gasteiger partial charge in [-0.2, -0.15) is 5.10 Å². The number of hydrogen-bond acceptors (Lipinski definition) is 2. The van der Waals surface area contributed by atoms with Crippen LogP contribution in [0.1, 0.15) is 11.1 Å². The van der Waals surface area contributed by atoms with Crippen LogP contribution in [-0.2, 0) is 0 Å². The summed E-state index contributed by atoms with van der Waals surface area (Å²) < 4.78 is 0. The maximum absolute atomic E-state index is 4.94. The van der Waals surface area contributed by atoms with Crippen molar-refractivity contribution in [1.82, 2.24) is 5.01 Å². The molecule has 0 unspecified atom stereocenters. The SMILES string of the molecule is Cc1cc(-c2ccccc2)c2ccc3c(c2c1)=NN(C)CC=3c1ccccc1. The van der Waals surface area contributed by atoms with Gasteiger partial charge in [0.05, 0.1) is 11.9 Å². The van der Waals surface area contributed by atoms with E-state index in [1.165, 1.54) is 43.8 Å². The molecule has 0 amide bonds. The lowest BCUT2D eigenvalue weighted by molar-refractivity contribution is 0.379. The van der Waals surface area contributed by atoms with E-state index < -0.39 is 0 Å². The van der Waals surface area contributed by atoms with Crippen LogP contribution in [0.5, 0.6) is 0 Å². The van der Waals surface area contributed by atoms with E-state index in [4.69, 9.17) is 5.10 Å². The Kier molecular flexibility index (Phi) is 3.98. The molecule has 0 aliphatic carbocycles. The fourth-order valence-corrected chi connectivity index (χ4v) is 4.18. The summed E-state index contributed by atoms with van der Waals surface area (Å²) in [5.41, 5.74) is 6.36. The largest absolute Gasteiger partial charge is 0.295 e. The van der Waals surface area contributed by atoms with Crippen LogP contribution < -0.4 is 10.6 Å². The summed E-state index contributed by atoms with van der Waals surface area (Å²) in [7, 11) is 2.05. The predicted octanol–water partition coefficient (Wildman–Crippen LogP) is 4.49. The first-order chi connectivity index (χ1) is 13.7. The lowest BCUT2D eigenvalue weighted by Gasteiger charge is -2.21. The van der Waals surface area contributed by atoms with Gasteiger partial charge in [-0.15, -0.1) is 0 Å². The maximum Gasteiger partial charge on any atom is 0.0986 e. The first kappa shape index (κ1) is 16.8. The van der Waals surface area contributed by atoms with Gasteiger partial charge in [-0.1, -0.05) is 78.9 Å². The zero-order chi connectivity index (χ0) is 19.1. The molecule has 4 aromatic carbocycles. The predicted molar refractivity (Wildman–Crippen MR) is 116 cm³/mol. The highest BCUT2D eigenvalue weighted by atomic mass is 15.4. The number of benzene rings is 4. The first-order valence-corrected chi connectivity index (χ1v) is 9.68. The van der Waals surface area contributed by atoms with E-state index >= 15 is 0 Å². The molecule has 1 aliphatic heterocycles. The average molecular weight is 362 g/mol. The van der Waals surface area contributed by atoms with E-state index in [1.54, 1.807) is 0 Å². The second kappa shape index (κ2) is 6.65. The summed E-state index contributed by atoms with van der Waals surface area (Å²) in [4.78, 5) is 0. The number of nitrogens with zero attached hydrogens (tertiary/aromatic N) is 2. The Bertz CT molecular complexity index is 1290. The highest BCUT2D eigenvalue weighted by Gasteiger charge is 2.15. The molecule has 0 fully saturated rings. The average Bonchev–Trinajstić information content (AvgIpc) is 2.74. The molecule has 1 aliphatic rings. The van der Waals surface area contributed by atoms with Crippen LogP contribution in [0.3, 0.4) is 0 Å². The standard InChI is InChI=1S/C26H22N2/c1-18-15-23(19-9-5-3-6-10-19)21-13-14-22-25(20-11-7-4-8-12-20)17-28(2)27-26(22)24(21)16-18/h3-16H,17H2,1-2H3. The number of rotatable bonds is 2. The van der Waals surface area contributed by atoms with Crippen LogP contribution in [0.4, 0.5) is 0 Å². The van der Waals surface area contributed by atoms with Crippen molar-refractivity contribution >= 4 is 16.3 Å². The van der Waals surface area contributed by atoms with Gasteiger partial charge in [0, 0.05) is 17.7 Å². The lowest BCUT2D eigenvalue weighted by Crippen LogP contribution is -2.38. The minimum atomic E-state index is 0.819. The minimum Gasteiger partial charge on any atom is -0.295 e. The van der Waals surface area contributed by atoms with E-state index in [-0.39, 0.29) is 0 Å². The van der Waals surface area contributed by atoms with Crippen molar-refractivity contribution in [3.05, 3.63) is 107 Å². The fraction of sp³-hybridized carbons (Fsp3) is 0.115. The molecule has 0 saturated carbocycles. The van der Waals surface area contributed by atoms with Crippen molar-refractivity contribution in [1.29, 1.82) is 0 Å². The van der Waals surface area contributed by atoms with E-state index in [0.717, 1.165) is 11.9 Å². The fourth-order valence-electron chi connectivity index (χ4n) is 4.18. The summed E-state index contributed by atoms with van der Waals surface area (Å²) in [5.74, 6) is 0. The van der Waals surface area contributed by atoms with Gasteiger partial charge in [0.2, 0.25) is 0 Å². The van der Waals surface area contributed by atoms with Gasteiger partial charge in [-0.25, -0.2) is 0 Å². The van der Waals surface area contributed by atoms with Gasteiger partial charge in [0.1, 0.15) is 0 Å². The van der Waals surface area contributed by atoms with Crippen LogP contribution in [0.2, 0.25) is 0 Å². The van der Waals surface area contributed by atoms with Crippen LogP contribution in [0.15, 0.2) is 90.0 Å². The first-order valence-electron chi connectivity index (χ1n) is 9.68. The third-order valence-corrected chi connectivity index (χ3v) is 5.44. The monoisotopic (exact) mass is 362 g/mol. The quantitative estimate of drug-likeness (QED) is 0.513. The molecule has 2 heteroatoms. The number of fused-ring (bicyclic) bond motifs is 3. The van der Waals surface area contributed by atoms with Crippen LogP contribution >= 0.6 is 0 Å². The normalized spacial score (nSPS) is 13.4. The molecule has 0 spiro atoms. The molecule has 136 valence electrons. The number of hydrogen-bond donors (Lipinski definition) is 0. The van der Waals surface area contributed by atoms with Gasteiger partial charge < -0.3 is 0 Å². The van der Waals surface area contributed by atoms with Crippen molar-refractivity contribution in [2.45, 2.75) is 6.92 Å². The summed E-state index contributed by atoms with van der Waals surface area (Å²) in [5, 5.41) is 11.8. The Morgan fingerprint density at radius 2 is 1.43 bits per heavy atom. The zero-order valence-electron chi connectivity index (χ0n) is 16.2. The van der Waals surface area contributed by atoms with Gasteiger partial charge in [-0.05, 0) is 46.2 Å². The van der Waals surface area contributed by atoms with Gasteiger partial charge in [0.25, 0.3) is 0 Å². The Morgan fingerprint density at radius 3 is 2.14 bits per heavy atom. The Hall–Kier alpha value is -3.39. The maximum atomic E-state index is 4.94. The highest BCUT2D eigenvalue weighted by molar-refractivity contribution is 5.97. The molecular formula is C26H22N2. The molecule has 0 aromatic heterocycles. The van der Waals surface area contributed by atoms with E-state index in [0.29, 0.717) is 0 Å². The van der Waals surface area contributed by atoms with E-state index in [1.807, 2.05) is 0 Å². The second-order valence-corrected chi connectivity index (χ2v) is 7.50. The molecule has 1 heterocycles. The van der Waals surface area contributed by atoms with Gasteiger partial charge in [-0.3, -0.25) is 5.01 Å². The molecule has 0 atom stereocenters. The van der Waals surface area contributed by atoms with Crippen LogP contribution in [-0.4, -0.2) is 18.6 Å². The molecule has 0 N–H and O–H groups in total. The Labute approximate surface area is 165 Å². The minimum absolute atomic E-state index is 0.819. The summed E-state index contributed by atoms with van der Waals surface area (Å²) in [6.07, 6.45) is 0. The molecule has 4 aromatic rings. The van der Waals surface area contributed by atoms with Gasteiger partial charge in [0.15, 0.2) is 0 Å². The molecule has 2 nitrogen and oxygen atoms in total. The molecule has 0 radical (unpaired) electrons. The summed E-state index contributed by atoms with van der Waals surface area (Å²) >= 11 is 0. The second-order valence-electron chi connectivity index (χ2n) is 7.50. The van der Waals surface area contributed by atoms with Gasteiger partial charge >= 0.3 is 0 Å². The highest BCUT2D eigenvalue weighted by Crippen LogP contribution is 2.28. The summed E-state index contributed by atoms with van der Waals surface area (Å²) in [6.45, 7) is 2.99. The van der Waals surface area contributed by atoms with E-state index in [9.17, 15) is 0 Å². The molecule has 28 heavy (non-hydrogen) atoms. The molecule has 0 saturated heterocycles. The third kappa shape index (κ3) is 2.78. The summed E-state index contributed by atoms with van der Waals surface area (Å²) in [6, 6.07) is 30.3. The zero-order valence-corrected chi connectivity index (χ0v) is 16.2. The topological polar surface area (TPSA) is 15.6 Å². The third-order valence-electron chi connectivity index (χ3n) is 5.44. The molecular weight excluding hydrogens is 340 g/mol. The van der Waals surface area contributed by atoms with Crippen molar-refractivity contribution < 1.29 is 0 Å². The number of aryl methyl sites for hydroxylation is 1.